The van der Waals surface area contributed by atoms with Crippen molar-refractivity contribution in [2.24, 2.45) is 5.73 Å². The number of primary amides is 1. The number of carbonyl (C=O) groups excluding carboxylic acids is 2. The molecule has 0 fully saturated rings. The van der Waals surface area contributed by atoms with Crippen LogP contribution in [0, 0.1) is 6.92 Å². The SMILES string of the molecule is Cc1cc(OCCOC(=O)c2ccc(C(N)=O)cc2)ccc1C(C)C. The third-order valence-corrected chi connectivity index (χ3v) is 3.85. The minimum atomic E-state index is -0.535. The molecule has 5 heteroatoms. The number of aryl methyl sites for hydroxylation is 1. The Morgan fingerprint density at radius 3 is 2.20 bits per heavy atom. The van der Waals surface area contributed by atoms with Gasteiger partial charge in [0, 0.05) is 5.56 Å². The van der Waals surface area contributed by atoms with E-state index in [-0.39, 0.29) is 13.2 Å². The zero-order valence-corrected chi connectivity index (χ0v) is 14.7. The van der Waals surface area contributed by atoms with Gasteiger partial charge in [-0.2, -0.15) is 0 Å². The Bertz CT molecular complexity index is 751. The molecule has 0 saturated heterocycles. The highest BCUT2D eigenvalue weighted by atomic mass is 16.6. The molecule has 0 unspecified atom stereocenters. The van der Waals surface area contributed by atoms with Crippen molar-refractivity contribution in [2.45, 2.75) is 26.7 Å². The van der Waals surface area contributed by atoms with E-state index in [1.54, 1.807) is 0 Å². The summed E-state index contributed by atoms with van der Waals surface area (Å²) in [5, 5.41) is 0. The smallest absolute Gasteiger partial charge is 0.338 e. The number of ether oxygens (including phenoxy) is 2. The van der Waals surface area contributed by atoms with E-state index in [1.165, 1.54) is 35.4 Å². The number of nitrogens with two attached hydrogens (primary N) is 1. The molecule has 132 valence electrons. The maximum absolute atomic E-state index is 11.9. The van der Waals surface area contributed by atoms with Crippen LogP contribution in [-0.2, 0) is 4.74 Å². The van der Waals surface area contributed by atoms with Gasteiger partial charge in [0.2, 0.25) is 5.91 Å². The molecule has 5 nitrogen and oxygen atoms in total. The molecule has 0 aliphatic heterocycles. The van der Waals surface area contributed by atoms with E-state index in [1.807, 2.05) is 12.1 Å². The van der Waals surface area contributed by atoms with Crippen LogP contribution in [-0.4, -0.2) is 25.1 Å². The third-order valence-electron chi connectivity index (χ3n) is 3.85. The minimum absolute atomic E-state index is 0.140. The van der Waals surface area contributed by atoms with E-state index in [2.05, 4.69) is 26.8 Å². The lowest BCUT2D eigenvalue weighted by Gasteiger charge is -2.12. The summed E-state index contributed by atoms with van der Waals surface area (Å²) in [7, 11) is 0. The summed E-state index contributed by atoms with van der Waals surface area (Å²) in [5.74, 6) is 0.220. The highest BCUT2D eigenvalue weighted by Gasteiger charge is 2.09. The highest BCUT2D eigenvalue weighted by molar-refractivity contribution is 5.95. The quantitative estimate of drug-likeness (QED) is 0.618. The summed E-state index contributed by atoms with van der Waals surface area (Å²) in [6, 6.07) is 12.0. The Hall–Kier alpha value is -2.82. The van der Waals surface area contributed by atoms with Gasteiger partial charge < -0.3 is 15.2 Å². The second-order valence-electron chi connectivity index (χ2n) is 6.10. The van der Waals surface area contributed by atoms with Crippen LogP contribution in [0.1, 0.15) is 51.6 Å². The van der Waals surface area contributed by atoms with Crippen LogP contribution in [0.15, 0.2) is 42.5 Å². The van der Waals surface area contributed by atoms with Crippen LogP contribution < -0.4 is 10.5 Å². The van der Waals surface area contributed by atoms with Crippen molar-refractivity contribution in [1.29, 1.82) is 0 Å². The minimum Gasteiger partial charge on any atom is -0.490 e. The summed E-state index contributed by atoms with van der Waals surface area (Å²) < 4.78 is 10.8. The third kappa shape index (κ3) is 5.08. The zero-order valence-electron chi connectivity index (χ0n) is 14.7. The number of benzene rings is 2. The number of carbonyl (C=O) groups is 2. The Kier molecular flexibility index (Phi) is 6.17. The molecule has 2 N–H and O–H groups in total. The van der Waals surface area contributed by atoms with Gasteiger partial charge in [-0.3, -0.25) is 4.79 Å². The molecule has 1 amide bonds. The number of esters is 1. The van der Waals surface area contributed by atoms with Crippen LogP contribution in [0.2, 0.25) is 0 Å². The van der Waals surface area contributed by atoms with Crippen LogP contribution in [0.4, 0.5) is 0 Å². The summed E-state index contributed by atoms with van der Waals surface area (Å²) in [6.45, 7) is 6.77. The van der Waals surface area contributed by atoms with E-state index >= 15 is 0 Å². The molecule has 0 heterocycles. The lowest BCUT2D eigenvalue weighted by atomic mass is 9.98. The number of hydrogen-bond acceptors (Lipinski definition) is 4. The topological polar surface area (TPSA) is 78.6 Å². The lowest BCUT2D eigenvalue weighted by Crippen LogP contribution is -2.14. The molecule has 2 rings (SSSR count). The van der Waals surface area contributed by atoms with Gasteiger partial charge in [-0.05, 0) is 60.4 Å². The Balaban J connectivity index is 1.81. The van der Waals surface area contributed by atoms with E-state index in [0.29, 0.717) is 17.0 Å². The van der Waals surface area contributed by atoms with Crippen molar-refractivity contribution < 1.29 is 19.1 Å². The van der Waals surface area contributed by atoms with Crippen molar-refractivity contribution in [3.63, 3.8) is 0 Å². The van der Waals surface area contributed by atoms with Gasteiger partial charge in [0.05, 0.1) is 5.56 Å². The number of hydrogen-bond donors (Lipinski definition) is 1. The van der Waals surface area contributed by atoms with Crippen molar-refractivity contribution >= 4 is 11.9 Å². The molecule has 0 atom stereocenters. The van der Waals surface area contributed by atoms with Gasteiger partial charge in [0.1, 0.15) is 19.0 Å². The maximum Gasteiger partial charge on any atom is 0.338 e. The predicted octanol–water partition coefficient (Wildman–Crippen LogP) is 3.45. The molecule has 0 radical (unpaired) electrons. The maximum atomic E-state index is 11.9. The summed E-state index contributed by atoms with van der Waals surface area (Å²) in [5.41, 5.74) is 8.34. The van der Waals surface area contributed by atoms with E-state index < -0.39 is 11.9 Å². The fourth-order valence-corrected chi connectivity index (χ4v) is 2.53. The molecule has 25 heavy (non-hydrogen) atoms. The first-order valence-electron chi connectivity index (χ1n) is 8.19. The average Bonchev–Trinajstić information content (AvgIpc) is 2.58. The van der Waals surface area contributed by atoms with Gasteiger partial charge in [-0.1, -0.05) is 19.9 Å². The number of rotatable bonds is 7. The standard InChI is InChI=1S/C20H23NO4/c1-13(2)18-9-8-17(12-14(18)3)24-10-11-25-20(23)16-6-4-15(5-7-16)19(21)22/h4-9,12-13H,10-11H2,1-3H3,(H2,21,22). The Morgan fingerprint density at radius 1 is 1.00 bits per heavy atom. The first-order valence-corrected chi connectivity index (χ1v) is 8.19. The highest BCUT2D eigenvalue weighted by Crippen LogP contribution is 2.23. The van der Waals surface area contributed by atoms with Crippen LogP contribution in [0.3, 0.4) is 0 Å². The molecule has 0 aromatic heterocycles. The van der Waals surface area contributed by atoms with E-state index in [0.717, 1.165) is 5.75 Å². The molecule has 0 bridgehead atoms. The van der Waals surface area contributed by atoms with Gasteiger partial charge in [0.15, 0.2) is 0 Å². The van der Waals surface area contributed by atoms with Crippen molar-refractivity contribution in [2.75, 3.05) is 13.2 Å². The summed E-state index contributed by atoms with van der Waals surface area (Å²) in [6.07, 6.45) is 0. The van der Waals surface area contributed by atoms with E-state index in [9.17, 15) is 9.59 Å². The molecule has 0 aliphatic rings. The van der Waals surface area contributed by atoms with E-state index in [4.69, 9.17) is 15.2 Å². The van der Waals surface area contributed by atoms with Gasteiger partial charge >= 0.3 is 5.97 Å². The second-order valence-corrected chi connectivity index (χ2v) is 6.10. The fourth-order valence-electron chi connectivity index (χ4n) is 2.53. The summed E-state index contributed by atoms with van der Waals surface area (Å²) >= 11 is 0. The zero-order chi connectivity index (χ0) is 18.4. The van der Waals surface area contributed by atoms with Crippen molar-refractivity contribution in [3.05, 3.63) is 64.7 Å². The monoisotopic (exact) mass is 341 g/mol. The number of amides is 1. The molecule has 2 aromatic rings. The lowest BCUT2D eigenvalue weighted by molar-refractivity contribution is 0.0450. The summed E-state index contributed by atoms with van der Waals surface area (Å²) in [4.78, 5) is 22.9. The Morgan fingerprint density at radius 2 is 1.64 bits per heavy atom. The molecular weight excluding hydrogens is 318 g/mol. The normalized spacial score (nSPS) is 10.6. The van der Waals surface area contributed by atoms with Crippen molar-refractivity contribution in [3.8, 4) is 5.75 Å². The van der Waals surface area contributed by atoms with Gasteiger partial charge in [-0.25, -0.2) is 4.79 Å². The molecule has 0 spiro atoms. The fraction of sp³-hybridized carbons (Fsp3) is 0.300. The van der Waals surface area contributed by atoms with Gasteiger partial charge in [0.25, 0.3) is 0 Å². The van der Waals surface area contributed by atoms with Crippen LogP contribution >= 0.6 is 0 Å². The second kappa shape index (κ2) is 8.33. The average molecular weight is 341 g/mol. The molecule has 0 aliphatic carbocycles. The van der Waals surface area contributed by atoms with Crippen LogP contribution in [0.5, 0.6) is 5.75 Å². The Labute approximate surface area is 147 Å². The first-order chi connectivity index (χ1) is 11.9. The van der Waals surface area contributed by atoms with Crippen molar-refractivity contribution in [1.82, 2.24) is 0 Å². The molecular formula is C20H23NO4. The van der Waals surface area contributed by atoms with Crippen LogP contribution in [0.25, 0.3) is 0 Å². The molecule has 0 saturated carbocycles. The van der Waals surface area contributed by atoms with Gasteiger partial charge in [-0.15, -0.1) is 0 Å². The first kappa shape index (κ1) is 18.5. The molecule has 2 aromatic carbocycles. The predicted molar refractivity (Wildman–Crippen MR) is 96.0 cm³/mol. The largest absolute Gasteiger partial charge is 0.490 e.